The zero-order chi connectivity index (χ0) is 14.2. The van der Waals surface area contributed by atoms with Crippen molar-refractivity contribution < 1.29 is 4.79 Å². The maximum Gasteiger partial charge on any atom is 0.238 e. The van der Waals surface area contributed by atoms with E-state index in [1.165, 1.54) is 0 Å². The molecule has 1 aromatic carbocycles. The minimum atomic E-state index is -0.0351. The van der Waals surface area contributed by atoms with Crippen molar-refractivity contribution in [3.05, 3.63) is 66.9 Å². The number of aromatic nitrogens is 4. The SMILES string of the molecule is O=C(Cc1cn2ccccc2n1)n1cnc2ccccc21. The average Bonchev–Trinajstić information content (AvgIpc) is 3.10. The summed E-state index contributed by atoms with van der Waals surface area (Å²) in [6.07, 6.45) is 5.63. The Hall–Kier alpha value is -2.95. The molecule has 0 aliphatic heterocycles. The fraction of sp³-hybridized carbons (Fsp3) is 0.0625. The van der Waals surface area contributed by atoms with E-state index in [-0.39, 0.29) is 12.3 Å². The highest BCUT2D eigenvalue weighted by Gasteiger charge is 2.12. The van der Waals surface area contributed by atoms with Gasteiger partial charge in [-0.1, -0.05) is 18.2 Å². The monoisotopic (exact) mass is 276 g/mol. The highest BCUT2D eigenvalue weighted by Crippen LogP contribution is 2.13. The number of carbonyl (C=O) groups excluding carboxylic acids is 1. The van der Waals surface area contributed by atoms with Gasteiger partial charge in [-0.25, -0.2) is 9.97 Å². The van der Waals surface area contributed by atoms with E-state index in [1.807, 2.05) is 59.3 Å². The minimum Gasteiger partial charge on any atom is -0.307 e. The second-order valence-electron chi connectivity index (χ2n) is 4.87. The summed E-state index contributed by atoms with van der Waals surface area (Å²) in [7, 11) is 0. The number of para-hydroxylation sites is 2. The maximum absolute atomic E-state index is 12.4. The first-order valence-electron chi connectivity index (χ1n) is 6.69. The third kappa shape index (κ3) is 1.99. The molecule has 0 radical (unpaired) electrons. The summed E-state index contributed by atoms with van der Waals surface area (Å²) in [5.41, 5.74) is 3.24. The van der Waals surface area contributed by atoms with E-state index in [1.54, 1.807) is 10.9 Å². The number of benzene rings is 1. The molecule has 0 saturated carbocycles. The largest absolute Gasteiger partial charge is 0.307 e. The normalized spacial score (nSPS) is 11.2. The Labute approximate surface area is 120 Å². The van der Waals surface area contributed by atoms with Crippen LogP contribution in [0.25, 0.3) is 16.7 Å². The van der Waals surface area contributed by atoms with Crippen LogP contribution in [-0.4, -0.2) is 24.8 Å². The molecule has 4 rings (SSSR count). The topological polar surface area (TPSA) is 52.2 Å². The summed E-state index contributed by atoms with van der Waals surface area (Å²) in [4.78, 5) is 21.1. The molecule has 0 aliphatic rings. The highest BCUT2D eigenvalue weighted by atomic mass is 16.2. The van der Waals surface area contributed by atoms with E-state index in [2.05, 4.69) is 9.97 Å². The van der Waals surface area contributed by atoms with Gasteiger partial charge in [0.15, 0.2) is 0 Å². The van der Waals surface area contributed by atoms with Crippen LogP contribution in [0.4, 0.5) is 0 Å². The van der Waals surface area contributed by atoms with Crippen LogP contribution in [0.15, 0.2) is 61.2 Å². The van der Waals surface area contributed by atoms with E-state index in [0.29, 0.717) is 0 Å². The summed E-state index contributed by atoms with van der Waals surface area (Å²) < 4.78 is 3.49. The van der Waals surface area contributed by atoms with Crippen molar-refractivity contribution >= 4 is 22.6 Å². The van der Waals surface area contributed by atoms with Crippen LogP contribution in [0, 0.1) is 0 Å². The predicted molar refractivity (Wildman–Crippen MR) is 79.3 cm³/mol. The van der Waals surface area contributed by atoms with Crippen LogP contribution in [0.2, 0.25) is 0 Å². The van der Waals surface area contributed by atoms with Gasteiger partial charge in [-0.15, -0.1) is 0 Å². The van der Waals surface area contributed by atoms with Crippen molar-refractivity contribution in [1.82, 2.24) is 18.9 Å². The summed E-state index contributed by atoms with van der Waals surface area (Å²) in [6.45, 7) is 0. The van der Waals surface area contributed by atoms with Crippen LogP contribution in [0.3, 0.4) is 0 Å². The van der Waals surface area contributed by atoms with Crippen molar-refractivity contribution in [1.29, 1.82) is 0 Å². The van der Waals surface area contributed by atoms with Crippen molar-refractivity contribution in [2.45, 2.75) is 6.42 Å². The number of fused-ring (bicyclic) bond motifs is 2. The molecular formula is C16H12N4O. The van der Waals surface area contributed by atoms with Gasteiger partial charge in [-0.05, 0) is 24.3 Å². The van der Waals surface area contributed by atoms with E-state index in [9.17, 15) is 4.79 Å². The number of hydrogen-bond acceptors (Lipinski definition) is 3. The quantitative estimate of drug-likeness (QED) is 0.565. The van der Waals surface area contributed by atoms with Gasteiger partial charge in [0, 0.05) is 12.4 Å². The number of imidazole rings is 2. The van der Waals surface area contributed by atoms with Crippen LogP contribution < -0.4 is 0 Å². The lowest BCUT2D eigenvalue weighted by molar-refractivity contribution is 0.0918. The predicted octanol–water partition coefficient (Wildman–Crippen LogP) is 2.57. The van der Waals surface area contributed by atoms with Gasteiger partial charge in [0.2, 0.25) is 5.91 Å². The minimum absolute atomic E-state index is 0.0351. The molecule has 0 atom stereocenters. The second kappa shape index (κ2) is 4.56. The Bertz CT molecular complexity index is 918. The van der Waals surface area contributed by atoms with Gasteiger partial charge < -0.3 is 4.40 Å². The van der Waals surface area contributed by atoms with E-state index < -0.39 is 0 Å². The van der Waals surface area contributed by atoms with E-state index >= 15 is 0 Å². The van der Waals surface area contributed by atoms with Gasteiger partial charge in [-0.2, -0.15) is 0 Å². The molecule has 5 nitrogen and oxygen atoms in total. The Morgan fingerprint density at radius 2 is 1.95 bits per heavy atom. The van der Waals surface area contributed by atoms with Crippen LogP contribution >= 0.6 is 0 Å². The number of nitrogens with zero attached hydrogens (tertiary/aromatic N) is 4. The van der Waals surface area contributed by atoms with Crippen LogP contribution in [0.1, 0.15) is 10.5 Å². The van der Waals surface area contributed by atoms with Gasteiger partial charge >= 0.3 is 0 Å². The summed E-state index contributed by atoms with van der Waals surface area (Å²) >= 11 is 0. The number of rotatable bonds is 2. The summed E-state index contributed by atoms with van der Waals surface area (Å²) in [6, 6.07) is 13.4. The zero-order valence-electron chi connectivity index (χ0n) is 11.2. The van der Waals surface area contributed by atoms with Gasteiger partial charge in [0.1, 0.15) is 12.0 Å². The first-order valence-corrected chi connectivity index (χ1v) is 6.69. The molecule has 0 N–H and O–H groups in total. The summed E-state index contributed by atoms with van der Waals surface area (Å²) in [5.74, 6) is -0.0351. The fourth-order valence-corrected chi connectivity index (χ4v) is 2.47. The third-order valence-corrected chi connectivity index (χ3v) is 3.47. The molecule has 4 aromatic rings. The standard InChI is InChI=1S/C16H12N4O/c21-16(20-11-17-13-5-1-2-6-14(13)20)9-12-10-19-8-4-3-7-15(19)18-12/h1-8,10-11H,9H2. The van der Waals surface area contributed by atoms with Crippen molar-refractivity contribution in [3.8, 4) is 0 Å². The maximum atomic E-state index is 12.4. The van der Waals surface area contributed by atoms with Crippen molar-refractivity contribution in [2.75, 3.05) is 0 Å². The van der Waals surface area contributed by atoms with Crippen LogP contribution in [0.5, 0.6) is 0 Å². The Morgan fingerprint density at radius 3 is 2.86 bits per heavy atom. The molecule has 0 saturated heterocycles. The second-order valence-corrected chi connectivity index (χ2v) is 4.87. The van der Waals surface area contributed by atoms with E-state index in [4.69, 9.17) is 0 Å². The zero-order valence-corrected chi connectivity index (χ0v) is 11.2. The molecule has 5 heteroatoms. The third-order valence-electron chi connectivity index (χ3n) is 3.47. The van der Waals surface area contributed by atoms with E-state index in [0.717, 1.165) is 22.4 Å². The molecule has 3 aromatic heterocycles. The molecule has 3 heterocycles. The molecule has 0 spiro atoms. The lowest BCUT2D eigenvalue weighted by atomic mass is 10.3. The molecule has 21 heavy (non-hydrogen) atoms. The molecule has 0 amide bonds. The molecular weight excluding hydrogens is 264 g/mol. The average molecular weight is 276 g/mol. The van der Waals surface area contributed by atoms with Crippen LogP contribution in [-0.2, 0) is 6.42 Å². The Morgan fingerprint density at radius 1 is 1.10 bits per heavy atom. The molecule has 0 fully saturated rings. The van der Waals surface area contributed by atoms with Gasteiger partial charge in [0.05, 0.1) is 23.1 Å². The first-order chi connectivity index (χ1) is 10.3. The Balaban J connectivity index is 1.69. The van der Waals surface area contributed by atoms with Crippen molar-refractivity contribution in [2.24, 2.45) is 0 Å². The molecule has 0 unspecified atom stereocenters. The molecule has 0 bridgehead atoms. The molecule has 0 aliphatic carbocycles. The number of carbonyl (C=O) groups is 1. The lowest BCUT2D eigenvalue weighted by Gasteiger charge is -2.00. The van der Waals surface area contributed by atoms with Gasteiger partial charge in [-0.3, -0.25) is 9.36 Å². The highest BCUT2D eigenvalue weighted by molar-refractivity contribution is 5.91. The van der Waals surface area contributed by atoms with Gasteiger partial charge in [0.25, 0.3) is 0 Å². The summed E-state index contributed by atoms with van der Waals surface area (Å²) in [5, 5.41) is 0. The lowest BCUT2D eigenvalue weighted by Crippen LogP contribution is -2.12. The molecule has 102 valence electrons. The Kier molecular flexibility index (Phi) is 2.57. The number of pyridine rings is 1. The number of hydrogen-bond donors (Lipinski definition) is 0. The first kappa shape index (κ1) is 11.8. The fourth-order valence-electron chi connectivity index (χ4n) is 2.47. The van der Waals surface area contributed by atoms with Crippen molar-refractivity contribution in [3.63, 3.8) is 0 Å². The smallest absolute Gasteiger partial charge is 0.238 e.